The monoisotopic (exact) mass is 498 g/mol. The highest BCUT2D eigenvalue weighted by molar-refractivity contribution is 7.90. The summed E-state index contributed by atoms with van der Waals surface area (Å²) >= 11 is 0. The first-order valence-electron chi connectivity index (χ1n) is 11.4. The lowest BCUT2D eigenvalue weighted by molar-refractivity contribution is 0.103. The molecule has 1 atom stereocenters. The Labute approximate surface area is 206 Å². The van der Waals surface area contributed by atoms with Crippen molar-refractivity contribution in [2.75, 3.05) is 5.73 Å². The second-order valence-electron chi connectivity index (χ2n) is 8.68. The fourth-order valence-corrected chi connectivity index (χ4v) is 6.20. The molecule has 3 N–H and O–H groups in total. The van der Waals surface area contributed by atoms with Crippen LogP contribution >= 0.6 is 0 Å². The molecular weight excluding hydrogens is 476 g/mol. The van der Waals surface area contributed by atoms with Crippen molar-refractivity contribution in [3.8, 4) is 0 Å². The van der Waals surface area contributed by atoms with E-state index in [1.807, 2.05) is 19.1 Å². The minimum absolute atomic E-state index is 0.00398. The molecular formula is C26H22N6O3S. The first-order chi connectivity index (χ1) is 17.3. The predicted octanol–water partition coefficient (Wildman–Crippen LogP) is 2.13. The molecule has 5 aromatic rings. The average molecular weight is 499 g/mol. The number of aryl methyl sites for hydroxylation is 1. The minimum atomic E-state index is -4.06. The van der Waals surface area contributed by atoms with Gasteiger partial charge < -0.3 is 10.7 Å². The Bertz CT molecular complexity index is 1880. The molecule has 0 aliphatic heterocycles. The Morgan fingerprint density at radius 2 is 1.86 bits per heavy atom. The van der Waals surface area contributed by atoms with Crippen LogP contribution in [-0.2, 0) is 10.0 Å². The molecule has 0 bridgehead atoms. The van der Waals surface area contributed by atoms with Gasteiger partial charge in [0.15, 0.2) is 0 Å². The van der Waals surface area contributed by atoms with Gasteiger partial charge in [0.25, 0.3) is 10.0 Å². The summed E-state index contributed by atoms with van der Waals surface area (Å²) in [5.74, 6) is 0.453. The van der Waals surface area contributed by atoms with Crippen molar-refractivity contribution in [2.24, 2.45) is 0 Å². The number of H-pyrrole nitrogens is 1. The standard InChI is InChI=1S/C26H22N6O3S/c1-16-29-21-12-11-18(14-22(21)30-16)31-26(27)20(15-28-31)25(33)24-13-17-7-5-6-10-23(17)32(24)36(34,35)19-8-3-2-4-9-19/h2-10,12-15,18H,11,27H2,1H3,(H,29,30). The van der Waals surface area contributed by atoms with E-state index in [1.54, 1.807) is 53.2 Å². The normalized spacial score (nSPS) is 15.3. The maximum absolute atomic E-state index is 13.8. The Morgan fingerprint density at radius 1 is 1.11 bits per heavy atom. The fraction of sp³-hybridized carbons (Fsp3) is 0.115. The van der Waals surface area contributed by atoms with Gasteiger partial charge in [-0.15, -0.1) is 0 Å². The van der Waals surface area contributed by atoms with Crippen LogP contribution in [0.5, 0.6) is 0 Å². The summed E-state index contributed by atoms with van der Waals surface area (Å²) in [6.07, 6.45) is 5.99. The van der Waals surface area contributed by atoms with E-state index in [2.05, 4.69) is 15.1 Å². The van der Waals surface area contributed by atoms with Crippen LogP contribution in [0.15, 0.2) is 71.8 Å². The Kier molecular flexibility index (Phi) is 4.94. The summed E-state index contributed by atoms with van der Waals surface area (Å²) in [5.41, 5.74) is 6.97. The highest BCUT2D eigenvalue weighted by Crippen LogP contribution is 2.29. The molecule has 36 heavy (non-hydrogen) atoms. The Balaban J connectivity index is 1.47. The predicted molar refractivity (Wildman–Crippen MR) is 136 cm³/mol. The zero-order chi connectivity index (χ0) is 25.0. The topological polar surface area (TPSA) is 129 Å². The van der Waals surface area contributed by atoms with Crippen LogP contribution in [-0.4, -0.2) is 37.9 Å². The van der Waals surface area contributed by atoms with E-state index in [1.165, 1.54) is 18.3 Å². The van der Waals surface area contributed by atoms with Crippen LogP contribution in [0.2, 0.25) is 0 Å². The third-order valence-electron chi connectivity index (χ3n) is 6.37. The van der Waals surface area contributed by atoms with Crippen molar-refractivity contribution in [1.82, 2.24) is 23.7 Å². The Hall–Kier alpha value is -4.44. The van der Waals surface area contributed by atoms with Gasteiger partial charge in [-0.1, -0.05) is 42.5 Å². The molecule has 0 saturated carbocycles. The van der Waals surface area contributed by atoms with Crippen molar-refractivity contribution in [3.05, 3.63) is 94.6 Å². The van der Waals surface area contributed by atoms with Gasteiger partial charge in [0.05, 0.1) is 38.9 Å². The summed E-state index contributed by atoms with van der Waals surface area (Å²) in [6.45, 7) is 1.89. The molecule has 1 unspecified atom stereocenters. The number of anilines is 1. The van der Waals surface area contributed by atoms with Crippen LogP contribution in [0.3, 0.4) is 0 Å². The first kappa shape index (κ1) is 22.1. The van der Waals surface area contributed by atoms with Crippen molar-refractivity contribution in [2.45, 2.75) is 24.3 Å². The van der Waals surface area contributed by atoms with Gasteiger partial charge in [0.2, 0.25) is 5.78 Å². The van der Waals surface area contributed by atoms with E-state index in [0.717, 1.165) is 20.5 Å². The molecule has 0 radical (unpaired) electrons. The van der Waals surface area contributed by atoms with E-state index >= 15 is 0 Å². The summed E-state index contributed by atoms with van der Waals surface area (Å²) in [4.78, 5) is 21.5. The van der Waals surface area contributed by atoms with Gasteiger partial charge in [-0.2, -0.15) is 5.10 Å². The molecule has 1 aliphatic carbocycles. The van der Waals surface area contributed by atoms with Crippen LogP contribution in [0.4, 0.5) is 5.82 Å². The summed E-state index contributed by atoms with van der Waals surface area (Å²) in [5, 5.41) is 6.77. The lowest BCUT2D eigenvalue weighted by Gasteiger charge is -2.15. The molecule has 10 heteroatoms. The number of aromatic nitrogens is 5. The van der Waals surface area contributed by atoms with Gasteiger partial charge in [-0.3, -0.25) is 4.79 Å². The number of benzene rings is 2. The molecule has 3 aromatic heterocycles. The molecule has 0 fully saturated rings. The number of rotatable bonds is 5. The highest BCUT2D eigenvalue weighted by atomic mass is 32.2. The molecule has 0 amide bonds. The molecule has 9 nitrogen and oxygen atoms in total. The van der Waals surface area contributed by atoms with E-state index < -0.39 is 15.8 Å². The molecule has 6 rings (SSSR count). The summed E-state index contributed by atoms with van der Waals surface area (Å²) in [6, 6.07) is 16.4. The SMILES string of the molecule is Cc1nc2c([nH]1)=CCC(n1ncc(C(=O)c3cc4ccccc4n3S(=O)(=O)c3ccccc3)c1N)C=2. The number of nitrogens with one attached hydrogen (secondary N) is 1. The zero-order valence-corrected chi connectivity index (χ0v) is 20.1. The third-order valence-corrected chi connectivity index (χ3v) is 8.11. The summed E-state index contributed by atoms with van der Waals surface area (Å²) in [7, 11) is -4.06. The van der Waals surface area contributed by atoms with Crippen LogP contribution < -0.4 is 16.4 Å². The third kappa shape index (κ3) is 3.37. The summed E-state index contributed by atoms with van der Waals surface area (Å²) < 4.78 is 30.0. The molecule has 3 heterocycles. The van der Waals surface area contributed by atoms with Gasteiger partial charge in [0, 0.05) is 5.39 Å². The second-order valence-corrected chi connectivity index (χ2v) is 10.5. The largest absolute Gasteiger partial charge is 0.383 e. The number of hydrogen-bond acceptors (Lipinski definition) is 6. The number of aromatic amines is 1. The molecule has 1 aliphatic rings. The maximum atomic E-state index is 13.8. The smallest absolute Gasteiger partial charge is 0.268 e. The lowest BCUT2D eigenvalue weighted by atomic mass is 10.1. The number of nitrogen functional groups attached to an aromatic ring is 1. The van der Waals surface area contributed by atoms with E-state index in [4.69, 9.17) is 5.73 Å². The zero-order valence-electron chi connectivity index (χ0n) is 19.3. The number of carbonyl (C=O) groups excluding carboxylic acids is 1. The molecule has 180 valence electrons. The second kappa shape index (κ2) is 8.06. The number of nitrogens with zero attached hydrogens (tertiary/aromatic N) is 4. The minimum Gasteiger partial charge on any atom is -0.383 e. The number of imidazole rings is 1. The molecule has 2 aromatic carbocycles. The van der Waals surface area contributed by atoms with Crippen molar-refractivity contribution < 1.29 is 13.2 Å². The fourth-order valence-electron chi connectivity index (χ4n) is 4.66. The van der Waals surface area contributed by atoms with Gasteiger partial charge in [-0.05, 0) is 43.7 Å². The van der Waals surface area contributed by atoms with Crippen LogP contribution in [0.1, 0.15) is 34.3 Å². The van der Waals surface area contributed by atoms with Crippen LogP contribution in [0.25, 0.3) is 23.1 Å². The number of nitrogens with two attached hydrogens (primary N) is 1. The number of para-hydroxylation sites is 1. The van der Waals surface area contributed by atoms with E-state index in [0.29, 0.717) is 17.3 Å². The number of ketones is 1. The Morgan fingerprint density at radius 3 is 2.67 bits per heavy atom. The van der Waals surface area contributed by atoms with E-state index in [-0.39, 0.29) is 28.0 Å². The van der Waals surface area contributed by atoms with E-state index in [9.17, 15) is 13.2 Å². The average Bonchev–Trinajstić information content (AvgIpc) is 3.57. The molecule has 0 saturated heterocycles. The van der Waals surface area contributed by atoms with Crippen LogP contribution in [0, 0.1) is 6.92 Å². The number of hydrogen-bond donors (Lipinski definition) is 2. The first-order valence-corrected chi connectivity index (χ1v) is 12.8. The van der Waals surface area contributed by atoms with Crippen molar-refractivity contribution >= 4 is 44.7 Å². The lowest BCUT2D eigenvalue weighted by Crippen LogP contribution is -2.30. The van der Waals surface area contributed by atoms with Gasteiger partial charge in [0.1, 0.15) is 17.3 Å². The number of carbonyl (C=O) groups is 1. The van der Waals surface area contributed by atoms with Gasteiger partial charge >= 0.3 is 0 Å². The number of fused-ring (bicyclic) bond motifs is 2. The quantitative estimate of drug-likeness (QED) is 0.357. The van der Waals surface area contributed by atoms with Gasteiger partial charge in [-0.25, -0.2) is 22.1 Å². The highest BCUT2D eigenvalue weighted by Gasteiger charge is 2.29. The molecule has 0 spiro atoms. The maximum Gasteiger partial charge on any atom is 0.268 e. The van der Waals surface area contributed by atoms with Crippen molar-refractivity contribution in [1.29, 1.82) is 0 Å². The van der Waals surface area contributed by atoms with Crippen molar-refractivity contribution in [3.63, 3.8) is 0 Å².